The highest BCUT2D eigenvalue weighted by Crippen LogP contribution is 2.28. The molecule has 2 aromatic rings. The topological polar surface area (TPSA) is 35.2 Å². The average Bonchev–Trinajstić information content (AvgIpc) is 2.84. The van der Waals surface area contributed by atoms with Crippen molar-refractivity contribution in [3.05, 3.63) is 51.2 Å². The Labute approximate surface area is 119 Å². The Hall–Kier alpha value is -1.32. The van der Waals surface area contributed by atoms with Gasteiger partial charge in [-0.15, -0.1) is 11.3 Å². The van der Waals surface area contributed by atoms with E-state index in [-0.39, 0.29) is 0 Å². The van der Waals surface area contributed by atoms with Crippen LogP contribution in [0.25, 0.3) is 0 Å². The fraction of sp³-hybridized carbons (Fsp3) is 0.375. The van der Waals surface area contributed by atoms with Crippen LogP contribution in [0.4, 0.5) is 0 Å². The van der Waals surface area contributed by atoms with Gasteiger partial charge in [-0.05, 0) is 42.2 Å². The molecule has 0 atom stereocenters. The zero-order valence-electron chi connectivity index (χ0n) is 11.8. The third-order valence-corrected chi connectivity index (χ3v) is 4.16. The van der Waals surface area contributed by atoms with Gasteiger partial charge in [-0.3, -0.25) is 0 Å². The number of hydrogen-bond acceptors (Lipinski definition) is 3. The number of rotatable bonds is 5. The molecule has 1 aromatic carbocycles. The molecule has 2 nitrogen and oxygen atoms in total. The lowest BCUT2D eigenvalue weighted by Crippen LogP contribution is -1.99. The maximum absolute atomic E-state index is 5.99. The molecule has 0 fully saturated rings. The van der Waals surface area contributed by atoms with Crippen molar-refractivity contribution in [2.75, 3.05) is 0 Å². The second-order valence-electron chi connectivity index (χ2n) is 5.06. The van der Waals surface area contributed by atoms with Crippen molar-refractivity contribution in [2.45, 2.75) is 39.8 Å². The summed E-state index contributed by atoms with van der Waals surface area (Å²) in [6.45, 7) is 7.69. The van der Waals surface area contributed by atoms with Gasteiger partial charge < -0.3 is 10.5 Å². The van der Waals surface area contributed by atoms with Crippen LogP contribution in [0, 0.1) is 6.92 Å². The Balaban J connectivity index is 2.12. The minimum Gasteiger partial charge on any atom is -0.488 e. The molecule has 0 spiro atoms. The summed E-state index contributed by atoms with van der Waals surface area (Å²) in [6.07, 6.45) is 0. The summed E-state index contributed by atoms with van der Waals surface area (Å²) in [4.78, 5) is 2.42. The fourth-order valence-electron chi connectivity index (χ4n) is 2.00. The van der Waals surface area contributed by atoms with Crippen LogP contribution in [0.5, 0.6) is 5.75 Å². The maximum atomic E-state index is 5.99. The molecule has 0 aliphatic rings. The van der Waals surface area contributed by atoms with Gasteiger partial charge in [-0.2, -0.15) is 0 Å². The Bertz CT molecular complexity index is 545. The Morgan fingerprint density at radius 2 is 1.89 bits per heavy atom. The molecule has 3 heteroatoms. The van der Waals surface area contributed by atoms with E-state index in [9.17, 15) is 0 Å². The average molecular weight is 275 g/mol. The Morgan fingerprint density at radius 3 is 2.53 bits per heavy atom. The van der Waals surface area contributed by atoms with Crippen molar-refractivity contribution in [3.8, 4) is 5.75 Å². The van der Waals surface area contributed by atoms with Gasteiger partial charge in [-0.1, -0.05) is 26.0 Å². The number of hydrogen-bond donors (Lipinski definition) is 1. The van der Waals surface area contributed by atoms with Crippen molar-refractivity contribution in [1.29, 1.82) is 0 Å². The molecule has 0 saturated carbocycles. The van der Waals surface area contributed by atoms with Gasteiger partial charge in [0, 0.05) is 16.3 Å². The summed E-state index contributed by atoms with van der Waals surface area (Å²) in [5.41, 5.74) is 8.12. The van der Waals surface area contributed by atoms with Crippen molar-refractivity contribution < 1.29 is 4.74 Å². The van der Waals surface area contributed by atoms with Gasteiger partial charge in [0.25, 0.3) is 0 Å². The van der Waals surface area contributed by atoms with Crippen LogP contribution in [0.2, 0.25) is 0 Å². The van der Waals surface area contributed by atoms with E-state index < -0.39 is 0 Å². The SMILES string of the molecule is Cc1ccc(C(C)C)c(OCc2ccc(CN)s2)c1. The molecule has 2 N–H and O–H groups in total. The molecule has 0 amide bonds. The van der Waals surface area contributed by atoms with Crippen LogP contribution in [-0.4, -0.2) is 0 Å². The van der Waals surface area contributed by atoms with Gasteiger partial charge in [0.2, 0.25) is 0 Å². The Kier molecular flexibility index (Phi) is 4.61. The third kappa shape index (κ3) is 3.58. The lowest BCUT2D eigenvalue weighted by atomic mass is 10.0. The summed E-state index contributed by atoms with van der Waals surface area (Å²) in [7, 11) is 0. The fourth-order valence-corrected chi connectivity index (χ4v) is 2.81. The highest BCUT2D eigenvalue weighted by molar-refractivity contribution is 7.11. The molecule has 0 aliphatic heterocycles. The monoisotopic (exact) mass is 275 g/mol. The number of thiophene rings is 1. The van der Waals surface area contributed by atoms with E-state index >= 15 is 0 Å². The van der Waals surface area contributed by atoms with Crippen molar-refractivity contribution in [3.63, 3.8) is 0 Å². The van der Waals surface area contributed by atoms with Crippen LogP contribution < -0.4 is 10.5 Å². The van der Waals surface area contributed by atoms with E-state index in [1.165, 1.54) is 20.9 Å². The minimum atomic E-state index is 0.471. The first-order valence-corrected chi connectivity index (χ1v) is 7.42. The summed E-state index contributed by atoms with van der Waals surface area (Å²) < 4.78 is 5.99. The number of benzene rings is 1. The number of ether oxygens (including phenoxy) is 1. The molecule has 1 heterocycles. The quantitative estimate of drug-likeness (QED) is 0.886. The molecule has 0 saturated heterocycles. The normalized spacial score (nSPS) is 11.0. The first-order valence-electron chi connectivity index (χ1n) is 6.61. The standard InChI is InChI=1S/C16H21NOS/c1-11(2)15-7-4-12(3)8-16(15)18-10-14-6-5-13(9-17)19-14/h4-8,11H,9-10,17H2,1-3H3. The zero-order chi connectivity index (χ0) is 13.8. The minimum absolute atomic E-state index is 0.471. The van der Waals surface area contributed by atoms with Crippen LogP contribution in [0.3, 0.4) is 0 Å². The van der Waals surface area contributed by atoms with E-state index in [0.717, 1.165) is 5.75 Å². The first kappa shape index (κ1) is 14.1. The summed E-state index contributed by atoms with van der Waals surface area (Å²) in [5.74, 6) is 1.47. The first-order chi connectivity index (χ1) is 9.10. The van der Waals surface area contributed by atoms with Crippen molar-refractivity contribution >= 4 is 11.3 Å². The molecule has 102 valence electrons. The molecular formula is C16H21NOS. The van der Waals surface area contributed by atoms with Gasteiger partial charge in [0.1, 0.15) is 12.4 Å². The summed E-state index contributed by atoms with van der Waals surface area (Å²) in [5, 5.41) is 0. The predicted molar refractivity (Wildman–Crippen MR) is 81.8 cm³/mol. The molecule has 0 aliphatic carbocycles. The smallest absolute Gasteiger partial charge is 0.123 e. The maximum Gasteiger partial charge on any atom is 0.123 e. The number of aryl methyl sites for hydroxylation is 1. The van der Waals surface area contributed by atoms with Gasteiger partial charge in [-0.25, -0.2) is 0 Å². The van der Waals surface area contributed by atoms with Gasteiger partial charge in [0.05, 0.1) is 0 Å². The van der Waals surface area contributed by atoms with Crippen LogP contribution >= 0.6 is 11.3 Å². The highest BCUT2D eigenvalue weighted by Gasteiger charge is 2.09. The third-order valence-electron chi connectivity index (χ3n) is 3.08. The van der Waals surface area contributed by atoms with Crippen LogP contribution in [-0.2, 0) is 13.2 Å². The molecule has 2 rings (SSSR count). The second kappa shape index (κ2) is 6.22. The summed E-state index contributed by atoms with van der Waals surface area (Å²) >= 11 is 1.72. The largest absolute Gasteiger partial charge is 0.488 e. The molecule has 0 radical (unpaired) electrons. The van der Waals surface area contributed by atoms with E-state index in [4.69, 9.17) is 10.5 Å². The van der Waals surface area contributed by atoms with E-state index in [2.05, 4.69) is 51.1 Å². The zero-order valence-corrected chi connectivity index (χ0v) is 12.6. The molecule has 0 unspecified atom stereocenters. The predicted octanol–water partition coefficient (Wildman–Crippen LogP) is 4.22. The van der Waals surface area contributed by atoms with Gasteiger partial charge in [0.15, 0.2) is 0 Å². The molecular weight excluding hydrogens is 254 g/mol. The van der Waals surface area contributed by atoms with Crippen molar-refractivity contribution in [2.24, 2.45) is 5.73 Å². The lowest BCUT2D eigenvalue weighted by Gasteiger charge is -2.14. The van der Waals surface area contributed by atoms with E-state index in [1.54, 1.807) is 11.3 Å². The molecule has 19 heavy (non-hydrogen) atoms. The van der Waals surface area contributed by atoms with Crippen LogP contribution in [0.1, 0.15) is 40.6 Å². The van der Waals surface area contributed by atoms with E-state index in [1.807, 2.05) is 0 Å². The highest BCUT2D eigenvalue weighted by atomic mass is 32.1. The molecule has 1 aromatic heterocycles. The number of nitrogens with two attached hydrogens (primary N) is 1. The van der Waals surface area contributed by atoms with Crippen LogP contribution in [0.15, 0.2) is 30.3 Å². The Morgan fingerprint density at radius 1 is 1.16 bits per heavy atom. The van der Waals surface area contributed by atoms with E-state index in [0.29, 0.717) is 19.1 Å². The second-order valence-corrected chi connectivity index (χ2v) is 6.31. The summed E-state index contributed by atoms with van der Waals surface area (Å²) in [6, 6.07) is 10.6. The van der Waals surface area contributed by atoms with Gasteiger partial charge >= 0.3 is 0 Å². The van der Waals surface area contributed by atoms with Crippen molar-refractivity contribution in [1.82, 2.24) is 0 Å². The molecule has 0 bridgehead atoms. The lowest BCUT2D eigenvalue weighted by molar-refractivity contribution is 0.305.